The van der Waals surface area contributed by atoms with Crippen molar-refractivity contribution in [1.82, 2.24) is 14.8 Å². The van der Waals surface area contributed by atoms with E-state index in [0.29, 0.717) is 29.2 Å². The van der Waals surface area contributed by atoms with Gasteiger partial charge in [0.05, 0.1) is 22.9 Å². The van der Waals surface area contributed by atoms with Crippen LogP contribution < -0.4 is 10.9 Å². The zero-order valence-corrected chi connectivity index (χ0v) is 14.9. The van der Waals surface area contributed by atoms with Crippen LogP contribution in [0.15, 0.2) is 53.5 Å². The van der Waals surface area contributed by atoms with Crippen LogP contribution in [-0.2, 0) is 6.54 Å². The Morgan fingerprint density at radius 2 is 2.07 bits per heavy atom. The zero-order chi connectivity index (χ0) is 19.4. The molecule has 0 saturated heterocycles. The van der Waals surface area contributed by atoms with E-state index in [0.717, 1.165) is 0 Å². The zero-order valence-electron chi connectivity index (χ0n) is 14.9. The number of hydrogen-bond donors (Lipinski definition) is 1. The maximum atomic E-state index is 12.9. The summed E-state index contributed by atoms with van der Waals surface area (Å²) >= 11 is 0. The van der Waals surface area contributed by atoms with Gasteiger partial charge >= 0.3 is 0 Å². The van der Waals surface area contributed by atoms with Crippen LogP contribution in [0.5, 0.6) is 0 Å². The molecule has 7 heteroatoms. The van der Waals surface area contributed by atoms with Crippen LogP contribution in [0.3, 0.4) is 0 Å². The monoisotopic (exact) mass is 359 g/mol. The van der Waals surface area contributed by atoms with Crippen LogP contribution in [0.2, 0.25) is 0 Å². The summed E-state index contributed by atoms with van der Waals surface area (Å²) < 4.78 is 1.28. The highest BCUT2D eigenvalue weighted by Crippen LogP contribution is 2.26. The smallest absolute Gasteiger partial charge is 0.291 e. The number of carbonyl (C=O) groups is 1. The third-order valence-electron chi connectivity index (χ3n) is 3.98. The minimum atomic E-state index is -0.412. The summed E-state index contributed by atoms with van der Waals surface area (Å²) in [4.78, 5) is 29.6. The van der Waals surface area contributed by atoms with Crippen molar-refractivity contribution in [3.63, 3.8) is 0 Å². The molecular formula is C20H17N5O2. The molecule has 1 N–H and O–H groups in total. The van der Waals surface area contributed by atoms with Crippen LogP contribution in [0.25, 0.3) is 11.4 Å². The lowest BCUT2D eigenvalue weighted by atomic mass is 10.1. The maximum Gasteiger partial charge on any atom is 0.291 e. The van der Waals surface area contributed by atoms with Gasteiger partial charge in [0.15, 0.2) is 5.78 Å². The largest absolute Gasteiger partial charge is 0.350 e. The first-order valence-electron chi connectivity index (χ1n) is 8.39. The van der Waals surface area contributed by atoms with Gasteiger partial charge in [-0.05, 0) is 44.2 Å². The Morgan fingerprint density at radius 3 is 2.70 bits per heavy atom. The molecule has 0 spiro atoms. The Hall–Kier alpha value is -3.79. The first-order chi connectivity index (χ1) is 13.0. The number of Topliss-reactive ketones (excluding diaryl/α,β-unsaturated/α-hetero) is 1. The number of ketones is 1. The van der Waals surface area contributed by atoms with Crippen molar-refractivity contribution < 1.29 is 4.79 Å². The van der Waals surface area contributed by atoms with Crippen LogP contribution in [0.1, 0.15) is 29.8 Å². The number of carbonyl (C=O) groups excluding carboxylic acids is 1. The van der Waals surface area contributed by atoms with Gasteiger partial charge in [-0.3, -0.25) is 14.6 Å². The minimum Gasteiger partial charge on any atom is -0.350 e. The lowest BCUT2D eigenvalue weighted by Gasteiger charge is -2.15. The first-order valence-corrected chi connectivity index (χ1v) is 8.39. The molecule has 3 rings (SSSR count). The fourth-order valence-corrected chi connectivity index (χ4v) is 2.74. The molecule has 0 aliphatic rings. The van der Waals surface area contributed by atoms with Gasteiger partial charge in [0.25, 0.3) is 5.56 Å². The van der Waals surface area contributed by atoms with Crippen molar-refractivity contribution >= 4 is 17.2 Å². The molecule has 0 bridgehead atoms. The highest BCUT2D eigenvalue weighted by Gasteiger charge is 2.22. The molecular weight excluding hydrogens is 342 g/mol. The maximum absolute atomic E-state index is 12.9. The molecule has 1 aromatic carbocycles. The predicted octanol–water partition coefficient (Wildman–Crippen LogP) is 3.14. The second-order valence-electron chi connectivity index (χ2n) is 5.81. The van der Waals surface area contributed by atoms with E-state index in [2.05, 4.69) is 21.5 Å². The van der Waals surface area contributed by atoms with E-state index < -0.39 is 5.56 Å². The summed E-state index contributed by atoms with van der Waals surface area (Å²) in [5, 5.41) is 16.4. The molecule has 0 atom stereocenters. The summed E-state index contributed by atoms with van der Waals surface area (Å²) in [5.41, 5.74) is 1.70. The topological polar surface area (TPSA) is 101 Å². The molecule has 0 radical (unpaired) electrons. The molecule has 0 amide bonds. The number of aryl methyl sites for hydroxylation is 1. The third kappa shape index (κ3) is 3.60. The number of anilines is 2. The number of hydrogen-bond acceptors (Lipinski definition) is 6. The first kappa shape index (κ1) is 18.0. The van der Waals surface area contributed by atoms with Gasteiger partial charge < -0.3 is 5.32 Å². The van der Waals surface area contributed by atoms with Gasteiger partial charge in [0.1, 0.15) is 11.4 Å². The summed E-state index contributed by atoms with van der Waals surface area (Å²) in [6, 6.07) is 14.0. The van der Waals surface area contributed by atoms with Gasteiger partial charge in [0.2, 0.25) is 0 Å². The molecule has 7 nitrogen and oxygen atoms in total. The second-order valence-corrected chi connectivity index (χ2v) is 5.81. The highest BCUT2D eigenvalue weighted by atomic mass is 16.1. The van der Waals surface area contributed by atoms with E-state index in [1.54, 1.807) is 55.6 Å². The third-order valence-corrected chi connectivity index (χ3v) is 3.98. The summed E-state index contributed by atoms with van der Waals surface area (Å²) in [7, 11) is 0. The molecule has 27 heavy (non-hydrogen) atoms. The number of benzene rings is 1. The number of rotatable bonds is 5. The number of nitrogens with zero attached hydrogens (tertiary/aromatic N) is 4. The average Bonchev–Trinajstić information content (AvgIpc) is 2.69. The lowest BCUT2D eigenvalue weighted by molar-refractivity contribution is 0.101. The summed E-state index contributed by atoms with van der Waals surface area (Å²) in [6.45, 7) is 3.52. The van der Waals surface area contributed by atoms with Crippen molar-refractivity contribution in [3.8, 4) is 17.5 Å². The van der Waals surface area contributed by atoms with Crippen molar-refractivity contribution in [2.45, 2.75) is 20.4 Å². The van der Waals surface area contributed by atoms with E-state index in [4.69, 9.17) is 5.26 Å². The van der Waals surface area contributed by atoms with E-state index in [1.165, 1.54) is 11.6 Å². The standard InChI is InChI=1S/C20H17N5O2/c1-3-25-20(27)19(23-15-8-6-7-14(11-15)12-21)17(13(2)26)18(24-25)16-9-4-5-10-22-16/h4-11,23H,3H2,1-2H3. The van der Waals surface area contributed by atoms with E-state index in [9.17, 15) is 9.59 Å². The van der Waals surface area contributed by atoms with Crippen molar-refractivity contribution in [2.75, 3.05) is 5.32 Å². The Kier molecular flexibility index (Phi) is 5.08. The van der Waals surface area contributed by atoms with Crippen molar-refractivity contribution in [1.29, 1.82) is 5.26 Å². The normalized spacial score (nSPS) is 10.3. The quantitative estimate of drug-likeness (QED) is 0.702. The molecule has 0 aliphatic carbocycles. The van der Waals surface area contributed by atoms with Gasteiger partial charge in [-0.1, -0.05) is 12.1 Å². The molecule has 0 aliphatic heterocycles. The molecule has 0 unspecified atom stereocenters. The van der Waals surface area contributed by atoms with E-state index in [1.807, 2.05) is 0 Å². The van der Waals surface area contributed by atoms with Crippen molar-refractivity contribution in [2.24, 2.45) is 0 Å². The van der Waals surface area contributed by atoms with E-state index >= 15 is 0 Å². The Balaban J connectivity index is 2.27. The van der Waals surface area contributed by atoms with Gasteiger partial charge in [0, 0.05) is 18.4 Å². The lowest BCUT2D eigenvalue weighted by Crippen LogP contribution is -2.28. The Morgan fingerprint density at radius 1 is 1.26 bits per heavy atom. The molecule has 0 saturated carbocycles. The van der Waals surface area contributed by atoms with Crippen LogP contribution in [-0.4, -0.2) is 20.5 Å². The second kappa shape index (κ2) is 7.62. The van der Waals surface area contributed by atoms with Gasteiger partial charge in [-0.15, -0.1) is 0 Å². The molecule has 2 aromatic heterocycles. The van der Waals surface area contributed by atoms with Crippen LogP contribution in [0.4, 0.5) is 11.4 Å². The van der Waals surface area contributed by atoms with Crippen LogP contribution >= 0.6 is 0 Å². The van der Waals surface area contributed by atoms with Gasteiger partial charge in [-0.25, -0.2) is 4.68 Å². The van der Waals surface area contributed by atoms with E-state index in [-0.39, 0.29) is 17.0 Å². The number of nitrogens with one attached hydrogen (secondary N) is 1. The SMILES string of the molecule is CCn1nc(-c2ccccn2)c(C(C)=O)c(Nc2cccc(C#N)c2)c1=O. The fraction of sp³-hybridized carbons (Fsp3) is 0.150. The van der Waals surface area contributed by atoms with Gasteiger partial charge in [-0.2, -0.15) is 10.4 Å². The fourth-order valence-electron chi connectivity index (χ4n) is 2.74. The molecule has 2 heterocycles. The molecule has 3 aromatic rings. The Labute approximate surface area is 155 Å². The average molecular weight is 359 g/mol. The van der Waals surface area contributed by atoms with Crippen LogP contribution in [0, 0.1) is 11.3 Å². The number of nitriles is 1. The summed E-state index contributed by atoms with van der Waals surface area (Å²) in [6.07, 6.45) is 1.60. The number of pyridine rings is 1. The van der Waals surface area contributed by atoms with Crippen molar-refractivity contribution in [3.05, 3.63) is 70.1 Å². The highest BCUT2D eigenvalue weighted by molar-refractivity contribution is 6.05. The predicted molar refractivity (Wildman–Crippen MR) is 102 cm³/mol. The minimum absolute atomic E-state index is 0.120. The molecule has 0 fully saturated rings. The Bertz CT molecular complexity index is 1100. The summed E-state index contributed by atoms with van der Waals surface area (Å²) in [5.74, 6) is -0.303. The molecule has 134 valence electrons. The number of aromatic nitrogens is 3.